The highest BCUT2D eigenvalue weighted by Gasteiger charge is 2.20. The molecule has 10 nitrogen and oxygen atoms in total. The highest BCUT2D eigenvalue weighted by atomic mass is 32.2. The third-order valence-corrected chi connectivity index (χ3v) is 6.20. The Hall–Kier alpha value is -3.05. The number of anilines is 2. The molecule has 4 rings (SSSR count). The van der Waals surface area contributed by atoms with Crippen LogP contribution in [0.25, 0.3) is 5.69 Å². The molecule has 1 N–H and O–H groups in total. The van der Waals surface area contributed by atoms with Crippen molar-refractivity contribution in [2.24, 2.45) is 0 Å². The van der Waals surface area contributed by atoms with Gasteiger partial charge in [0, 0.05) is 39.6 Å². The van der Waals surface area contributed by atoms with Crippen LogP contribution < -0.4 is 14.5 Å². The fourth-order valence-electron chi connectivity index (χ4n) is 3.18. The second-order valence-electron chi connectivity index (χ2n) is 7.21. The van der Waals surface area contributed by atoms with E-state index < -0.39 is 10.0 Å². The normalized spacial score (nSPS) is 14.3. The summed E-state index contributed by atoms with van der Waals surface area (Å²) in [6.45, 7) is 1.77. The smallest absolute Gasteiger partial charge is 0.240 e. The molecule has 2 aromatic heterocycles. The van der Waals surface area contributed by atoms with Gasteiger partial charge in [0.05, 0.1) is 17.1 Å². The number of nitrogens with zero attached hydrogens (tertiary/aromatic N) is 7. The maximum Gasteiger partial charge on any atom is 0.240 e. The molecule has 0 bridgehead atoms. The van der Waals surface area contributed by atoms with Crippen LogP contribution in [-0.4, -0.2) is 60.3 Å². The molecule has 30 heavy (non-hydrogen) atoms. The Kier molecular flexibility index (Phi) is 5.64. The van der Waals surface area contributed by atoms with Crippen molar-refractivity contribution in [1.29, 1.82) is 0 Å². The summed E-state index contributed by atoms with van der Waals surface area (Å²) in [5, 5.41) is 4.14. The molecule has 0 saturated carbocycles. The number of hydrogen-bond donors (Lipinski definition) is 1. The maximum atomic E-state index is 12.7. The summed E-state index contributed by atoms with van der Waals surface area (Å²) >= 11 is 0. The van der Waals surface area contributed by atoms with E-state index in [-0.39, 0.29) is 11.4 Å². The lowest BCUT2D eigenvalue weighted by Gasteiger charge is -2.19. The third-order valence-electron chi connectivity index (χ3n) is 4.78. The van der Waals surface area contributed by atoms with E-state index in [1.165, 1.54) is 0 Å². The van der Waals surface area contributed by atoms with Crippen molar-refractivity contribution in [3.8, 4) is 5.69 Å². The molecule has 0 amide bonds. The van der Waals surface area contributed by atoms with Gasteiger partial charge in [0.1, 0.15) is 0 Å². The zero-order chi connectivity index (χ0) is 21.1. The Morgan fingerprint density at radius 3 is 2.43 bits per heavy atom. The Balaban J connectivity index is 1.51. The largest absolute Gasteiger partial charge is 0.347 e. The van der Waals surface area contributed by atoms with Gasteiger partial charge in [-0.05, 0) is 43.2 Å². The van der Waals surface area contributed by atoms with E-state index in [1.54, 1.807) is 52.3 Å². The minimum Gasteiger partial charge on any atom is -0.347 e. The number of benzene rings is 1. The van der Waals surface area contributed by atoms with Crippen molar-refractivity contribution in [2.45, 2.75) is 24.3 Å². The first-order chi connectivity index (χ1) is 14.4. The van der Waals surface area contributed by atoms with Gasteiger partial charge >= 0.3 is 0 Å². The Labute approximate surface area is 175 Å². The lowest BCUT2D eigenvalue weighted by molar-refractivity contribution is 0.579. The highest BCUT2D eigenvalue weighted by molar-refractivity contribution is 7.89. The second-order valence-corrected chi connectivity index (χ2v) is 8.98. The van der Waals surface area contributed by atoms with Crippen molar-refractivity contribution in [2.75, 3.05) is 37.0 Å². The second kappa shape index (κ2) is 8.36. The molecule has 3 heterocycles. The molecule has 1 aliphatic heterocycles. The summed E-state index contributed by atoms with van der Waals surface area (Å²) in [6, 6.07) is 8.32. The molecule has 1 fully saturated rings. The van der Waals surface area contributed by atoms with Gasteiger partial charge < -0.3 is 9.80 Å². The zero-order valence-electron chi connectivity index (χ0n) is 16.9. The average Bonchev–Trinajstić information content (AvgIpc) is 3.46. The highest BCUT2D eigenvalue weighted by Crippen LogP contribution is 2.18. The number of aromatic nitrogens is 5. The van der Waals surface area contributed by atoms with Crippen molar-refractivity contribution >= 4 is 21.9 Å². The fourth-order valence-corrected chi connectivity index (χ4v) is 4.16. The topological polar surface area (TPSA) is 109 Å². The molecule has 0 spiro atoms. The lowest BCUT2D eigenvalue weighted by atomic mass is 10.3. The van der Waals surface area contributed by atoms with E-state index in [0.29, 0.717) is 17.7 Å². The molecule has 11 heteroatoms. The molecule has 158 valence electrons. The summed E-state index contributed by atoms with van der Waals surface area (Å²) < 4.78 is 29.7. The van der Waals surface area contributed by atoms with E-state index in [4.69, 9.17) is 0 Å². The first kappa shape index (κ1) is 20.2. The van der Waals surface area contributed by atoms with Crippen LogP contribution in [0.3, 0.4) is 0 Å². The number of sulfonamides is 1. The first-order valence-electron chi connectivity index (χ1n) is 9.69. The Morgan fingerprint density at radius 2 is 1.80 bits per heavy atom. The maximum absolute atomic E-state index is 12.7. The van der Waals surface area contributed by atoms with Gasteiger partial charge in [-0.15, -0.1) is 0 Å². The number of hydrogen-bond acceptors (Lipinski definition) is 8. The summed E-state index contributed by atoms with van der Waals surface area (Å²) in [5.41, 5.74) is 0.780. The minimum absolute atomic E-state index is 0.0204. The molecule has 3 aromatic rings. The van der Waals surface area contributed by atoms with Crippen LogP contribution in [0.15, 0.2) is 47.6 Å². The van der Waals surface area contributed by atoms with E-state index in [2.05, 4.69) is 29.7 Å². The summed E-state index contributed by atoms with van der Waals surface area (Å²) in [4.78, 5) is 17.4. The summed E-state index contributed by atoms with van der Waals surface area (Å²) in [6.07, 6.45) is 5.65. The van der Waals surface area contributed by atoms with Crippen LogP contribution in [0.2, 0.25) is 0 Å². The molecule has 1 aromatic carbocycles. The van der Waals surface area contributed by atoms with Gasteiger partial charge in [0.25, 0.3) is 0 Å². The lowest BCUT2D eigenvalue weighted by Crippen LogP contribution is -2.27. The first-order valence-corrected chi connectivity index (χ1v) is 11.2. The van der Waals surface area contributed by atoms with Crippen molar-refractivity contribution in [3.05, 3.63) is 48.5 Å². The SMILES string of the molecule is CN(C)c1nc(CNS(=O)(=O)c2ccc(-n3cccn3)cc2)nc(N2CCCC2)n1. The average molecular weight is 429 g/mol. The predicted molar refractivity (Wildman–Crippen MR) is 113 cm³/mol. The summed E-state index contributed by atoms with van der Waals surface area (Å²) in [5.74, 6) is 1.47. The quantitative estimate of drug-likeness (QED) is 0.598. The van der Waals surface area contributed by atoms with Crippen LogP contribution in [0.1, 0.15) is 18.7 Å². The monoisotopic (exact) mass is 428 g/mol. The van der Waals surface area contributed by atoms with Crippen molar-refractivity contribution in [3.63, 3.8) is 0 Å². The molecule has 1 aliphatic rings. The van der Waals surface area contributed by atoms with Crippen LogP contribution in [0, 0.1) is 0 Å². The van der Waals surface area contributed by atoms with Gasteiger partial charge in [-0.1, -0.05) is 0 Å². The molecule has 1 saturated heterocycles. The molecule has 0 unspecified atom stereocenters. The van der Waals surface area contributed by atoms with Gasteiger partial charge in [-0.25, -0.2) is 17.8 Å². The number of nitrogens with one attached hydrogen (secondary N) is 1. The molecule has 0 radical (unpaired) electrons. The molecular formula is C19H24N8O2S. The Morgan fingerprint density at radius 1 is 1.07 bits per heavy atom. The van der Waals surface area contributed by atoms with E-state index in [9.17, 15) is 8.42 Å². The van der Waals surface area contributed by atoms with Crippen molar-refractivity contribution < 1.29 is 8.42 Å². The Bertz CT molecular complexity index is 1090. The molecular weight excluding hydrogens is 404 g/mol. The van der Waals surface area contributed by atoms with Gasteiger partial charge in [0.2, 0.25) is 21.9 Å². The van der Waals surface area contributed by atoms with Crippen molar-refractivity contribution in [1.82, 2.24) is 29.5 Å². The van der Waals surface area contributed by atoms with Crippen LogP contribution >= 0.6 is 0 Å². The van der Waals surface area contributed by atoms with Crippen LogP contribution in [0.4, 0.5) is 11.9 Å². The standard InChI is InChI=1S/C19H24N8O2S/c1-25(2)18-22-17(23-19(24-18)26-11-3-4-12-26)14-21-30(28,29)16-8-6-15(7-9-16)27-13-5-10-20-27/h5-10,13,21H,3-4,11-12,14H2,1-2H3. The molecule has 0 atom stereocenters. The molecule has 0 aliphatic carbocycles. The minimum atomic E-state index is -3.72. The third kappa shape index (κ3) is 4.41. The summed E-state index contributed by atoms with van der Waals surface area (Å²) in [7, 11) is -0.0254. The van der Waals surface area contributed by atoms with Gasteiger partial charge in [-0.2, -0.15) is 20.1 Å². The van der Waals surface area contributed by atoms with Gasteiger partial charge in [0.15, 0.2) is 5.82 Å². The predicted octanol–water partition coefficient (Wildman–Crippen LogP) is 1.20. The van der Waals surface area contributed by atoms with Crippen LogP contribution in [0.5, 0.6) is 0 Å². The van der Waals surface area contributed by atoms with Crippen LogP contribution in [-0.2, 0) is 16.6 Å². The van der Waals surface area contributed by atoms with Gasteiger partial charge in [-0.3, -0.25) is 0 Å². The van der Waals surface area contributed by atoms with E-state index >= 15 is 0 Å². The zero-order valence-corrected chi connectivity index (χ0v) is 17.7. The van der Waals surface area contributed by atoms with E-state index in [1.807, 2.05) is 14.1 Å². The number of rotatable bonds is 7. The van der Waals surface area contributed by atoms with E-state index in [0.717, 1.165) is 31.6 Å². The fraction of sp³-hybridized carbons (Fsp3) is 0.368.